The molecule has 0 heterocycles. The zero-order chi connectivity index (χ0) is 18.9. The van der Waals surface area contributed by atoms with Crippen LogP contribution in [-0.4, -0.2) is 37.7 Å². The van der Waals surface area contributed by atoms with Crippen LogP contribution < -0.4 is 14.8 Å². The minimum atomic E-state index is -0.945. The Kier molecular flexibility index (Phi) is 7.02. The van der Waals surface area contributed by atoms with Gasteiger partial charge in [0.1, 0.15) is 11.5 Å². The first-order valence-electron chi connectivity index (χ1n) is 8.32. The number of methoxy groups -OCH3 is 2. The average molecular weight is 357 g/mol. The lowest BCUT2D eigenvalue weighted by Gasteiger charge is -2.09. The summed E-state index contributed by atoms with van der Waals surface area (Å²) in [5.74, 6) is 0.419. The molecule has 26 heavy (non-hydrogen) atoms. The third kappa shape index (κ3) is 5.81. The molecule has 1 amide bonds. The van der Waals surface area contributed by atoms with E-state index in [9.17, 15) is 9.59 Å². The molecule has 0 aliphatic carbocycles. The van der Waals surface area contributed by atoms with Crippen molar-refractivity contribution in [1.29, 1.82) is 0 Å². The van der Waals surface area contributed by atoms with Crippen molar-refractivity contribution in [3.8, 4) is 11.5 Å². The molecule has 6 heteroatoms. The quantitative estimate of drug-likeness (QED) is 0.721. The fourth-order valence-electron chi connectivity index (χ4n) is 2.52. The minimum Gasteiger partial charge on any atom is -0.497 e. The summed E-state index contributed by atoms with van der Waals surface area (Å²) < 4.78 is 10.4. The van der Waals surface area contributed by atoms with Crippen LogP contribution in [0.2, 0.25) is 0 Å². The molecule has 0 aliphatic rings. The van der Waals surface area contributed by atoms with Gasteiger partial charge in [-0.25, -0.2) is 4.79 Å². The van der Waals surface area contributed by atoms with Crippen molar-refractivity contribution in [2.24, 2.45) is 0 Å². The molecule has 0 fully saturated rings. The Hall–Kier alpha value is -3.02. The van der Waals surface area contributed by atoms with Gasteiger partial charge in [0.15, 0.2) is 0 Å². The standard InChI is InChI=1S/C20H23NO5/c1-25-17-11-15(12-18(13-17)26-2)5-8-19(22)21-10-9-14-3-6-16(7-4-14)20(23)24/h3-4,6-7,11-13H,5,8-10H2,1-2H3,(H,21,22)(H,23,24). The van der Waals surface area contributed by atoms with Crippen molar-refractivity contribution >= 4 is 11.9 Å². The first-order valence-corrected chi connectivity index (χ1v) is 8.32. The second-order valence-corrected chi connectivity index (χ2v) is 5.82. The van der Waals surface area contributed by atoms with Crippen LogP contribution in [0.3, 0.4) is 0 Å². The number of carboxylic acid groups (broad SMARTS) is 1. The number of rotatable bonds is 9. The largest absolute Gasteiger partial charge is 0.497 e. The average Bonchev–Trinajstić information content (AvgIpc) is 2.66. The molecular formula is C20H23NO5. The Labute approximate surface area is 152 Å². The smallest absolute Gasteiger partial charge is 0.335 e. The van der Waals surface area contributed by atoms with Gasteiger partial charge >= 0.3 is 5.97 Å². The number of benzene rings is 2. The zero-order valence-electron chi connectivity index (χ0n) is 15.0. The van der Waals surface area contributed by atoms with E-state index in [-0.39, 0.29) is 11.5 Å². The molecule has 0 radical (unpaired) electrons. The predicted molar refractivity (Wildman–Crippen MR) is 98.0 cm³/mol. The van der Waals surface area contributed by atoms with E-state index in [1.165, 1.54) is 0 Å². The maximum Gasteiger partial charge on any atom is 0.335 e. The SMILES string of the molecule is COc1cc(CCC(=O)NCCc2ccc(C(=O)O)cc2)cc(OC)c1. The molecule has 0 saturated carbocycles. The highest BCUT2D eigenvalue weighted by Crippen LogP contribution is 2.23. The van der Waals surface area contributed by atoms with Gasteiger partial charge in [-0.1, -0.05) is 12.1 Å². The van der Waals surface area contributed by atoms with Gasteiger partial charge in [-0.3, -0.25) is 4.79 Å². The maximum absolute atomic E-state index is 12.0. The maximum atomic E-state index is 12.0. The summed E-state index contributed by atoms with van der Waals surface area (Å²) >= 11 is 0. The van der Waals surface area contributed by atoms with Crippen molar-refractivity contribution in [2.45, 2.75) is 19.3 Å². The summed E-state index contributed by atoms with van der Waals surface area (Å²) in [6.07, 6.45) is 1.61. The van der Waals surface area contributed by atoms with Crippen molar-refractivity contribution in [3.63, 3.8) is 0 Å². The van der Waals surface area contributed by atoms with Gasteiger partial charge in [0.25, 0.3) is 0 Å². The molecule has 0 unspecified atom stereocenters. The van der Waals surface area contributed by atoms with Crippen molar-refractivity contribution < 1.29 is 24.2 Å². The molecule has 2 N–H and O–H groups in total. The van der Waals surface area contributed by atoms with Gasteiger partial charge in [-0.15, -0.1) is 0 Å². The van der Waals surface area contributed by atoms with E-state index in [2.05, 4.69) is 5.32 Å². The number of aryl methyl sites for hydroxylation is 1. The van der Waals surface area contributed by atoms with E-state index >= 15 is 0 Å². The molecule has 138 valence electrons. The van der Waals surface area contributed by atoms with Gasteiger partial charge in [-0.05, 0) is 48.2 Å². The normalized spacial score (nSPS) is 10.2. The van der Waals surface area contributed by atoms with E-state index in [0.29, 0.717) is 37.3 Å². The number of hydrogen-bond donors (Lipinski definition) is 2. The third-order valence-corrected chi connectivity index (χ3v) is 3.99. The highest BCUT2D eigenvalue weighted by molar-refractivity contribution is 5.87. The summed E-state index contributed by atoms with van der Waals surface area (Å²) in [6, 6.07) is 12.2. The number of ether oxygens (including phenoxy) is 2. The van der Waals surface area contributed by atoms with Crippen molar-refractivity contribution in [2.75, 3.05) is 20.8 Å². The number of carbonyl (C=O) groups excluding carboxylic acids is 1. The highest BCUT2D eigenvalue weighted by Gasteiger charge is 2.06. The summed E-state index contributed by atoms with van der Waals surface area (Å²) in [6.45, 7) is 0.507. The molecule has 0 atom stereocenters. The monoisotopic (exact) mass is 357 g/mol. The summed E-state index contributed by atoms with van der Waals surface area (Å²) in [5.41, 5.74) is 2.21. The zero-order valence-corrected chi connectivity index (χ0v) is 15.0. The van der Waals surface area contributed by atoms with Gasteiger partial charge < -0.3 is 19.9 Å². The van der Waals surface area contributed by atoms with Crippen molar-refractivity contribution in [3.05, 3.63) is 59.2 Å². The lowest BCUT2D eigenvalue weighted by Crippen LogP contribution is -2.25. The van der Waals surface area contributed by atoms with Gasteiger partial charge in [0, 0.05) is 19.0 Å². The van der Waals surface area contributed by atoms with Crippen LogP contribution in [-0.2, 0) is 17.6 Å². The molecular weight excluding hydrogens is 334 g/mol. The highest BCUT2D eigenvalue weighted by atomic mass is 16.5. The van der Waals surface area contributed by atoms with Crippen LogP contribution in [0.25, 0.3) is 0 Å². The second-order valence-electron chi connectivity index (χ2n) is 5.82. The Morgan fingerprint density at radius 1 is 0.923 bits per heavy atom. The number of carboxylic acids is 1. The fourth-order valence-corrected chi connectivity index (χ4v) is 2.52. The molecule has 0 bridgehead atoms. The van der Waals surface area contributed by atoms with Crippen LogP contribution in [0.1, 0.15) is 27.9 Å². The molecule has 0 saturated heterocycles. The summed E-state index contributed by atoms with van der Waals surface area (Å²) in [5, 5.41) is 11.7. The first kappa shape index (κ1) is 19.3. The fraction of sp³-hybridized carbons (Fsp3) is 0.300. The molecule has 0 aromatic heterocycles. The van der Waals surface area contributed by atoms with E-state index in [0.717, 1.165) is 11.1 Å². The van der Waals surface area contributed by atoms with E-state index in [1.807, 2.05) is 12.1 Å². The topological polar surface area (TPSA) is 84.9 Å². The molecule has 2 rings (SSSR count). The number of aromatic carboxylic acids is 1. The number of nitrogens with one attached hydrogen (secondary N) is 1. The Morgan fingerprint density at radius 3 is 2.08 bits per heavy atom. The second kappa shape index (κ2) is 9.46. The van der Waals surface area contributed by atoms with Crippen LogP contribution in [0.15, 0.2) is 42.5 Å². The van der Waals surface area contributed by atoms with Crippen LogP contribution in [0, 0.1) is 0 Å². The van der Waals surface area contributed by atoms with E-state index in [1.54, 1.807) is 44.6 Å². The minimum absolute atomic E-state index is 0.0334. The first-order chi connectivity index (χ1) is 12.5. The Balaban J connectivity index is 1.77. The number of carbonyl (C=O) groups is 2. The molecule has 6 nitrogen and oxygen atoms in total. The number of amides is 1. The molecule has 2 aromatic rings. The predicted octanol–water partition coefficient (Wildman–Crippen LogP) is 2.69. The molecule has 0 spiro atoms. The Bertz CT molecular complexity index is 733. The third-order valence-electron chi connectivity index (χ3n) is 3.99. The molecule has 0 aliphatic heterocycles. The summed E-state index contributed by atoms with van der Waals surface area (Å²) in [4.78, 5) is 22.8. The van der Waals surface area contributed by atoms with Gasteiger partial charge in [0.2, 0.25) is 5.91 Å². The molecule has 2 aromatic carbocycles. The van der Waals surface area contributed by atoms with E-state index in [4.69, 9.17) is 14.6 Å². The Morgan fingerprint density at radius 2 is 1.54 bits per heavy atom. The van der Waals surface area contributed by atoms with E-state index < -0.39 is 5.97 Å². The van der Waals surface area contributed by atoms with Crippen molar-refractivity contribution in [1.82, 2.24) is 5.32 Å². The lowest BCUT2D eigenvalue weighted by molar-refractivity contribution is -0.121. The van der Waals surface area contributed by atoms with Gasteiger partial charge in [-0.2, -0.15) is 0 Å². The van der Waals surface area contributed by atoms with Gasteiger partial charge in [0.05, 0.1) is 19.8 Å². The number of hydrogen-bond acceptors (Lipinski definition) is 4. The van der Waals surface area contributed by atoms with Crippen LogP contribution in [0.5, 0.6) is 11.5 Å². The summed E-state index contributed by atoms with van der Waals surface area (Å²) in [7, 11) is 3.18. The van der Waals surface area contributed by atoms with Crippen LogP contribution >= 0.6 is 0 Å². The van der Waals surface area contributed by atoms with Crippen LogP contribution in [0.4, 0.5) is 0 Å². The lowest BCUT2D eigenvalue weighted by atomic mass is 10.1.